The smallest absolute Gasteiger partial charge is 0.256 e. The number of anilines is 3. The lowest BCUT2D eigenvalue weighted by atomic mass is 9.91. The number of piperidine rings is 1. The van der Waals surface area contributed by atoms with Gasteiger partial charge in [-0.2, -0.15) is 0 Å². The van der Waals surface area contributed by atoms with Gasteiger partial charge in [0.25, 0.3) is 5.91 Å². The maximum Gasteiger partial charge on any atom is 0.256 e. The summed E-state index contributed by atoms with van der Waals surface area (Å²) >= 11 is 0. The molecule has 2 amide bonds. The van der Waals surface area contributed by atoms with Crippen molar-refractivity contribution in [1.82, 2.24) is 14.9 Å². The van der Waals surface area contributed by atoms with Crippen molar-refractivity contribution in [2.45, 2.75) is 45.6 Å². The zero-order valence-corrected chi connectivity index (χ0v) is 22.3. The molecule has 1 aliphatic carbocycles. The van der Waals surface area contributed by atoms with Crippen LogP contribution < -0.4 is 16.0 Å². The third-order valence-corrected chi connectivity index (χ3v) is 7.75. The quantitative estimate of drug-likeness (QED) is 0.389. The molecule has 39 heavy (non-hydrogen) atoms. The second-order valence-corrected chi connectivity index (χ2v) is 10.8. The molecule has 2 fully saturated rings. The molecule has 1 aromatic carbocycles. The van der Waals surface area contributed by atoms with E-state index in [4.69, 9.17) is 0 Å². The van der Waals surface area contributed by atoms with E-state index in [1.807, 2.05) is 25.4 Å². The second kappa shape index (κ2) is 11.0. The van der Waals surface area contributed by atoms with Crippen LogP contribution >= 0.6 is 0 Å². The maximum atomic E-state index is 13.7. The molecule has 8 nitrogen and oxygen atoms in total. The number of hydrogen-bond donors (Lipinski definition) is 3. The van der Waals surface area contributed by atoms with Crippen molar-refractivity contribution in [2.24, 2.45) is 5.92 Å². The first-order valence-electron chi connectivity index (χ1n) is 13.9. The molecule has 8 heteroatoms. The van der Waals surface area contributed by atoms with E-state index in [1.165, 1.54) is 24.8 Å². The molecule has 2 aromatic heterocycles. The Hall–Kier alpha value is -4.04. The number of carbonyl (C=O) groups excluding carboxylic acids is 2. The minimum absolute atomic E-state index is 0.0138. The van der Waals surface area contributed by atoms with Crippen LogP contribution in [0.3, 0.4) is 0 Å². The Morgan fingerprint density at radius 2 is 1.79 bits per heavy atom. The lowest BCUT2D eigenvalue weighted by Gasteiger charge is -2.26. The molecule has 0 bridgehead atoms. The first-order chi connectivity index (χ1) is 19.0. The maximum absolute atomic E-state index is 13.7. The lowest BCUT2D eigenvalue weighted by Crippen LogP contribution is -2.29. The van der Waals surface area contributed by atoms with Crippen LogP contribution in [-0.4, -0.2) is 46.3 Å². The van der Waals surface area contributed by atoms with Gasteiger partial charge in [-0.05, 0) is 86.7 Å². The van der Waals surface area contributed by atoms with E-state index in [0.717, 1.165) is 60.4 Å². The first-order valence-corrected chi connectivity index (χ1v) is 13.9. The molecule has 200 valence electrons. The predicted molar refractivity (Wildman–Crippen MR) is 154 cm³/mol. The second-order valence-electron chi connectivity index (χ2n) is 10.8. The van der Waals surface area contributed by atoms with Gasteiger partial charge in [-0.15, -0.1) is 0 Å². The van der Waals surface area contributed by atoms with E-state index in [1.54, 1.807) is 18.5 Å². The van der Waals surface area contributed by atoms with Crippen molar-refractivity contribution in [3.63, 3.8) is 0 Å². The van der Waals surface area contributed by atoms with Crippen LogP contribution in [0.1, 0.15) is 50.2 Å². The van der Waals surface area contributed by atoms with Crippen LogP contribution in [0.5, 0.6) is 0 Å². The first kappa shape index (κ1) is 25.2. The minimum atomic E-state index is -0.223. The molecule has 4 heterocycles. The van der Waals surface area contributed by atoms with Crippen molar-refractivity contribution < 1.29 is 9.59 Å². The molecular formula is C31H34N6O2. The SMILES string of the molecule is CC1=C(C(=O)Nc2cnccc2NC(=O)C2CC2)c2cc(-c3cncc(CN4CCCCC4)c3)ccc2NC1. The fourth-order valence-electron chi connectivity index (χ4n) is 5.42. The third-order valence-electron chi connectivity index (χ3n) is 7.75. The molecule has 0 unspecified atom stereocenters. The molecule has 1 saturated carbocycles. The number of fused-ring (bicyclic) bond motifs is 1. The van der Waals surface area contributed by atoms with Gasteiger partial charge in [-0.3, -0.25) is 24.5 Å². The average Bonchev–Trinajstić information content (AvgIpc) is 3.80. The topological polar surface area (TPSA) is 99.2 Å². The molecule has 3 aliphatic rings. The Balaban J connectivity index is 1.25. The molecule has 2 aliphatic heterocycles. The average molecular weight is 523 g/mol. The summed E-state index contributed by atoms with van der Waals surface area (Å²) in [7, 11) is 0. The summed E-state index contributed by atoms with van der Waals surface area (Å²) in [6.45, 7) is 5.74. The summed E-state index contributed by atoms with van der Waals surface area (Å²) in [6.07, 6.45) is 12.7. The number of rotatable bonds is 7. The summed E-state index contributed by atoms with van der Waals surface area (Å²) in [5, 5.41) is 9.39. The summed E-state index contributed by atoms with van der Waals surface area (Å²) in [5.41, 5.74) is 7.65. The fraction of sp³-hybridized carbons (Fsp3) is 0.355. The highest BCUT2D eigenvalue weighted by atomic mass is 16.2. The van der Waals surface area contributed by atoms with Crippen LogP contribution in [0.15, 0.2) is 60.7 Å². The van der Waals surface area contributed by atoms with Gasteiger partial charge in [0.1, 0.15) is 0 Å². The van der Waals surface area contributed by atoms with E-state index in [0.29, 0.717) is 23.5 Å². The Kier molecular flexibility index (Phi) is 7.11. The largest absolute Gasteiger partial charge is 0.381 e. The van der Waals surface area contributed by atoms with Gasteiger partial charge in [0, 0.05) is 60.0 Å². The van der Waals surface area contributed by atoms with Crippen molar-refractivity contribution in [2.75, 3.05) is 35.6 Å². The molecule has 0 spiro atoms. The number of likely N-dealkylation sites (tertiary alicyclic amines) is 1. The van der Waals surface area contributed by atoms with Crippen molar-refractivity contribution >= 4 is 34.4 Å². The molecule has 3 aromatic rings. The number of amides is 2. The van der Waals surface area contributed by atoms with Crippen molar-refractivity contribution in [3.05, 3.63) is 71.8 Å². The highest BCUT2D eigenvalue weighted by Gasteiger charge is 2.30. The Morgan fingerprint density at radius 1 is 0.949 bits per heavy atom. The van der Waals surface area contributed by atoms with E-state index < -0.39 is 0 Å². The molecule has 0 radical (unpaired) electrons. The zero-order chi connectivity index (χ0) is 26.8. The molecule has 6 rings (SSSR count). The Morgan fingerprint density at radius 3 is 2.62 bits per heavy atom. The van der Waals surface area contributed by atoms with Crippen molar-refractivity contribution in [3.8, 4) is 11.1 Å². The zero-order valence-electron chi connectivity index (χ0n) is 22.3. The molecule has 1 saturated heterocycles. The number of hydrogen-bond acceptors (Lipinski definition) is 6. The van der Waals surface area contributed by atoms with Gasteiger partial charge in [-0.1, -0.05) is 12.5 Å². The van der Waals surface area contributed by atoms with Crippen molar-refractivity contribution in [1.29, 1.82) is 0 Å². The van der Waals surface area contributed by atoms with Gasteiger partial charge in [0.05, 0.1) is 17.6 Å². The monoisotopic (exact) mass is 522 g/mol. The van der Waals surface area contributed by atoms with Gasteiger partial charge >= 0.3 is 0 Å². The van der Waals surface area contributed by atoms with Gasteiger partial charge in [-0.25, -0.2) is 0 Å². The van der Waals surface area contributed by atoms with Crippen LogP contribution in [0.2, 0.25) is 0 Å². The van der Waals surface area contributed by atoms with E-state index in [2.05, 4.69) is 49.0 Å². The fourth-order valence-corrected chi connectivity index (χ4v) is 5.42. The van der Waals surface area contributed by atoms with E-state index in [9.17, 15) is 9.59 Å². The van der Waals surface area contributed by atoms with E-state index >= 15 is 0 Å². The van der Waals surface area contributed by atoms with Gasteiger partial charge in [0.15, 0.2) is 0 Å². The molecule has 0 atom stereocenters. The number of benzene rings is 1. The van der Waals surface area contributed by atoms with Crippen LogP contribution in [-0.2, 0) is 16.1 Å². The van der Waals surface area contributed by atoms with Gasteiger partial charge in [0.2, 0.25) is 5.91 Å². The standard InChI is InChI=1S/C31H34N6O2/c1-20-15-34-26-8-7-23(24-13-21(16-33-17-24)19-37-11-3-2-4-12-37)14-25(26)29(20)31(39)36-28-18-32-10-9-27(28)35-30(38)22-5-6-22/h7-10,13-14,16-18,22,34H,2-6,11-12,15,19H2,1H3,(H,36,39)(H,32,35,38). The third kappa shape index (κ3) is 5.71. The summed E-state index contributed by atoms with van der Waals surface area (Å²) in [5.74, 6) is -0.173. The Labute approximate surface area is 228 Å². The molecule has 3 N–H and O–H groups in total. The number of carbonyl (C=O) groups is 2. The van der Waals surface area contributed by atoms with Crippen LogP contribution in [0.4, 0.5) is 17.1 Å². The summed E-state index contributed by atoms with van der Waals surface area (Å²) in [6, 6.07) is 10.1. The lowest BCUT2D eigenvalue weighted by molar-refractivity contribution is -0.117. The molecular weight excluding hydrogens is 488 g/mol. The Bertz CT molecular complexity index is 1440. The summed E-state index contributed by atoms with van der Waals surface area (Å²) < 4.78 is 0. The van der Waals surface area contributed by atoms with Gasteiger partial charge < -0.3 is 16.0 Å². The number of aromatic nitrogens is 2. The highest BCUT2D eigenvalue weighted by Crippen LogP contribution is 2.36. The predicted octanol–water partition coefficient (Wildman–Crippen LogP) is 5.32. The minimum Gasteiger partial charge on any atom is -0.381 e. The van der Waals surface area contributed by atoms with E-state index in [-0.39, 0.29) is 17.7 Å². The number of nitrogens with one attached hydrogen (secondary N) is 3. The van der Waals surface area contributed by atoms with Crippen LogP contribution in [0.25, 0.3) is 16.7 Å². The highest BCUT2D eigenvalue weighted by molar-refractivity contribution is 6.28. The number of nitrogens with zero attached hydrogens (tertiary/aromatic N) is 3. The normalized spacial score (nSPS) is 17.3. The van der Waals surface area contributed by atoms with Crippen LogP contribution in [0, 0.1) is 5.92 Å². The number of pyridine rings is 2. The summed E-state index contributed by atoms with van der Waals surface area (Å²) in [4.78, 5) is 37.3.